The maximum absolute atomic E-state index is 12.0. The van der Waals surface area contributed by atoms with Crippen LogP contribution in [0, 0.1) is 0 Å². The number of carbonyl (C=O) groups is 3. The molecule has 0 aliphatic rings. The Morgan fingerprint density at radius 1 is 1.12 bits per heavy atom. The molecule has 1 heterocycles. The van der Waals surface area contributed by atoms with Gasteiger partial charge in [-0.2, -0.15) is 0 Å². The fourth-order valence-corrected chi connectivity index (χ4v) is 2.93. The van der Waals surface area contributed by atoms with Crippen LogP contribution in [0.5, 0.6) is 0 Å². The first-order valence-corrected chi connectivity index (χ1v) is 8.32. The Morgan fingerprint density at radius 2 is 1.96 bits per heavy atom. The number of nitrogens with one attached hydrogen (secondary N) is 1. The summed E-state index contributed by atoms with van der Waals surface area (Å²) < 4.78 is 5.91. The van der Waals surface area contributed by atoms with Gasteiger partial charge in [0, 0.05) is 11.3 Å². The molecule has 0 aliphatic heterocycles. The first kappa shape index (κ1) is 16.8. The van der Waals surface area contributed by atoms with E-state index in [9.17, 15) is 14.4 Å². The molecule has 3 aromatic rings. The zero-order valence-electron chi connectivity index (χ0n) is 13.3. The Kier molecular flexibility index (Phi) is 4.85. The minimum atomic E-state index is -0.581. The molecule has 0 unspecified atom stereocenters. The maximum Gasteiger partial charge on any atom is 0.338 e. The summed E-state index contributed by atoms with van der Waals surface area (Å²) in [6.07, 6.45) is 0. The third-order valence-electron chi connectivity index (χ3n) is 3.45. The second-order valence-electron chi connectivity index (χ2n) is 5.30. The molecular weight excluding hydrogens is 340 g/mol. The molecule has 7 heteroatoms. The Bertz CT molecular complexity index is 964. The number of aromatic nitrogens is 1. The first-order chi connectivity index (χ1) is 12.0. The molecule has 6 nitrogen and oxygen atoms in total. The van der Waals surface area contributed by atoms with Gasteiger partial charge in [0.25, 0.3) is 5.91 Å². The van der Waals surface area contributed by atoms with Crippen molar-refractivity contribution in [2.45, 2.75) is 6.92 Å². The van der Waals surface area contributed by atoms with Crippen molar-refractivity contribution in [3.63, 3.8) is 0 Å². The van der Waals surface area contributed by atoms with E-state index in [4.69, 9.17) is 4.74 Å². The number of nitrogens with zero attached hydrogens (tertiary/aromatic N) is 1. The second-order valence-corrected chi connectivity index (χ2v) is 6.18. The van der Waals surface area contributed by atoms with Gasteiger partial charge in [-0.1, -0.05) is 12.1 Å². The minimum absolute atomic E-state index is 0.0963. The molecule has 0 spiro atoms. The van der Waals surface area contributed by atoms with Crippen molar-refractivity contribution in [1.29, 1.82) is 0 Å². The molecule has 2 aromatic carbocycles. The predicted molar refractivity (Wildman–Crippen MR) is 95.0 cm³/mol. The lowest BCUT2D eigenvalue weighted by molar-refractivity contribution is -0.119. The highest BCUT2D eigenvalue weighted by Crippen LogP contribution is 2.19. The Balaban J connectivity index is 1.59. The fourth-order valence-electron chi connectivity index (χ4n) is 2.21. The van der Waals surface area contributed by atoms with E-state index in [0.717, 1.165) is 10.2 Å². The van der Waals surface area contributed by atoms with Crippen LogP contribution < -0.4 is 5.32 Å². The van der Waals surface area contributed by atoms with E-state index in [1.54, 1.807) is 48.0 Å². The number of rotatable bonds is 5. The quantitative estimate of drug-likeness (QED) is 0.561. The average molecular weight is 354 g/mol. The van der Waals surface area contributed by atoms with Crippen molar-refractivity contribution in [1.82, 2.24) is 4.98 Å². The van der Waals surface area contributed by atoms with Crippen LogP contribution in [-0.4, -0.2) is 29.3 Å². The first-order valence-electron chi connectivity index (χ1n) is 7.44. The fraction of sp³-hybridized carbons (Fsp3) is 0.111. The van der Waals surface area contributed by atoms with Gasteiger partial charge in [-0.15, -0.1) is 11.3 Å². The summed E-state index contributed by atoms with van der Waals surface area (Å²) >= 11 is 1.42. The van der Waals surface area contributed by atoms with Crippen LogP contribution in [0.25, 0.3) is 10.2 Å². The molecule has 1 aromatic heterocycles. The largest absolute Gasteiger partial charge is 0.452 e. The number of carbonyl (C=O) groups excluding carboxylic acids is 3. The number of ketones is 1. The molecular formula is C18H14N2O4S. The van der Waals surface area contributed by atoms with Gasteiger partial charge in [0.05, 0.1) is 21.3 Å². The van der Waals surface area contributed by atoms with Crippen molar-refractivity contribution >= 4 is 44.9 Å². The van der Waals surface area contributed by atoms with Gasteiger partial charge < -0.3 is 10.1 Å². The molecule has 0 saturated heterocycles. The summed E-state index contributed by atoms with van der Waals surface area (Å²) in [5, 5.41) is 2.59. The highest BCUT2D eigenvalue weighted by atomic mass is 32.1. The number of thiazole rings is 1. The summed E-state index contributed by atoms with van der Waals surface area (Å²) in [7, 11) is 0. The molecule has 0 bridgehead atoms. The second kappa shape index (κ2) is 7.23. The molecule has 1 N–H and O–H groups in total. The van der Waals surface area contributed by atoms with Crippen LogP contribution in [-0.2, 0) is 9.53 Å². The molecule has 25 heavy (non-hydrogen) atoms. The third-order valence-corrected chi connectivity index (χ3v) is 4.25. The number of ether oxygens (including phenoxy) is 1. The number of Topliss-reactive ketones (excluding diaryl/α,β-unsaturated/α-hetero) is 1. The minimum Gasteiger partial charge on any atom is -0.452 e. The summed E-state index contributed by atoms with van der Waals surface area (Å²) in [6, 6.07) is 11.6. The molecule has 3 rings (SSSR count). The van der Waals surface area contributed by atoms with Crippen LogP contribution >= 0.6 is 11.3 Å². The summed E-state index contributed by atoms with van der Waals surface area (Å²) in [5.41, 5.74) is 3.84. The lowest BCUT2D eigenvalue weighted by Crippen LogP contribution is -2.21. The highest BCUT2D eigenvalue weighted by molar-refractivity contribution is 7.16. The Hall–Kier alpha value is -3.06. The van der Waals surface area contributed by atoms with E-state index < -0.39 is 18.5 Å². The molecule has 0 fully saturated rings. The zero-order valence-corrected chi connectivity index (χ0v) is 14.1. The van der Waals surface area contributed by atoms with E-state index in [1.807, 2.05) is 0 Å². The molecule has 0 aliphatic carbocycles. The van der Waals surface area contributed by atoms with Gasteiger partial charge in [-0.05, 0) is 37.3 Å². The van der Waals surface area contributed by atoms with E-state index >= 15 is 0 Å². The summed E-state index contributed by atoms with van der Waals surface area (Å²) in [4.78, 5) is 39.4. The molecule has 0 atom stereocenters. The normalized spacial score (nSPS) is 10.4. The summed E-state index contributed by atoms with van der Waals surface area (Å²) in [5.74, 6) is -1.16. The van der Waals surface area contributed by atoms with Gasteiger partial charge in [-0.3, -0.25) is 9.59 Å². The van der Waals surface area contributed by atoms with E-state index in [1.165, 1.54) is 18.3 Å². The van der Waals surface area contributed by atoms with Crippen molar-refractivity contribution in [2.75, 3.05) is 11.9 Å². The monoisotopic (exact) mass is 354 g/mol. The van der Waals surface area contributed by atoms with Crippen LogP contribution in [0.4, 0.5) is 5.69 Å². The van der Waals surface area contributed by atoms with Crippen LogP contribution in [0.3, 0.4) is 0 Å². The van der Waals surface area contributed by atoms with Gasteiger partial charge >= 0.3 is 5.97 Å². The van der Waals surface area contributed by atoms with Gasteiger partial charge in [-0.25, -0.2) is 9.78 Å². The Morgan fingerprint density at radius 3 is 2.76 bits per heavy atom. The summed E-state index contributed by atoms with van der Waals surface area (Å²) in [6.45, 7) is 1.03. The molecule has 1 amide bonds. The topological polar surface area (TPSA) is 85.4 Å². The lowest BCUT2D eigenvalue weighted by Gasteiger charge is -2.07. The lowest BCUT2D eigenvalue weighted by atomic mass is 10.1. The maximum atomic E-state index is 12.0. The number of amides is 1. The molecule has 0 radical (unpaired) electrons. The number of hydrogen-bond acceptors (Lipinski definition) is 6. The van der Waals surface area contributed by atoms with Crippen molar-refractivity contribution < 1.29 is 19.1 Å². The van der Waals surface area contributed by atoms with Gasteiger partial charge in [0.1, 0.15) is 0 Å². The van der Waals surface area contributed by atoms with Gasteiger partial charge in [0.15, 0.2) is 12.4 Å². The van der Waals surface area contributed by atoms with Crippen LogP contribution in [0.15, 0.2) is 48.0 Å². The van der Waals surface area contributed by atoms with Gasteiger partial charge in [0.2, 0.25) is 0 Å². The number of anilines is 1. The number of benzene rings is 2. The molecule has 0 saturated carbocycles. The average Bonchev–Trinajstić information content (AvgIpc) is 3.07. The third kappa shape index (κ3) is 4.07. The van der Waals surface area contributed by atoms with Crippen molar-refractivity contribution in [3.05, 3.63) is 59.1 Å². The predicted octanol–water partition coefficient (Wildman–Crippen LogP) is 3.29. The van der Waals surface area contributed by atoms with Crippen molar-refractivity contribution in [3.8, 4) is 0 Å². The SMILES string of the molecule is CC(=O)c1cccc(NC(=O)COC(=O)c2ccc3ncsc3c2)c1. The zero-order chi connectivity index (χ0) is 17.8. The highest BCUT2D eigenvalue weighted by Gasteiger charge is 2.12. The number of hydrogen-bond donors (Lipinski definition) is 1. The van der Waals surface area contributed by atoms with Crippen LogP contribution in [0.1, 0.15) is 27.6 Å². The van der Waals surface area contributed by atoms with E-state index in [0.29, 0.717) is 16.8 Å². The molecule has 126 valence electrons. The smallest absolute Gasteiger partial charge is 0.338 e. The van der Waals surface area contributed by atoms with E-state index in [-0.39, 0.29) is 5.78 Å². The van der Waals surface area contributed by atoms with E-state index in [2.05, 4.69) is 10.3 Å². The number of esters is 1. The van der Waals surface area contributed by atoms with Crippen molar-refractivity contribution in [2.24, 2.45) is 0 Å². The van der Waals surface area contributed by atoms with Crippen LogP contribution in [0.2, 0.25) is 0 Å². The number of fused-ring (bicyclic) bond motifs is 1. The standard InChI is InChI=1S/C18H14N2O4S/c1-11(21)12-3-2-4-14(7-12)20-17(22)9-24-18(23)13-5-6-15-16(8-13)25-10-19-15/h2-8,10H,9H2,1H3,(H,20,22). The Labute approximate surface area is 147 Å².